The maximum atomic E-state index is 13.8. The summed E-state index contributed by atoms with van der Waals surface area (Å²) in [6.45, 7) is 4.52. The van der Waals surface area contributed by atoms with Gasteiger partial charge in [0.15, 0.2) is 17.5 Å². The first-order chi connectivity index (χ1) is 14.2. The molecule has 2 atom stereocenters. The number of nitrogens with zero attached hydrogens (tertiary/aromatic N) is 3. The Morgan fingerprint density at radius 1 is 1.23 bits per heavy atom. The second-order valence-electron chi connectivity index (χ2n) is 6.93. The predicted octanol–water partition coefficient (Wildman–Crippen LogP) is 4.04. The van der Waals surface area contributed by atoms with Crippen LogP contribution in [0.3, 0.4) is 0 Å². The molecule has 2 aromatic rings. The summed E-state index contributed by atoms with van der Waals surface area (Å²) in [5.41, 5.74) is 0.716. The van der Waals surface area contributed by atoms with Gasteiger partial charge >= 0.3 is 6.18 Å². The standard InChI is InChI=1S/C20H25F3N4O3/c1-5-26(6-2)19(28)13-11-24-27-17(20(21,22)23)10-14(25-18(13)27)12-7-8-15(29-3)16(9-12)30-4/h7-9,11,14,17,25H,5-6,10H2,1-4H3. The van der Waals surface area contributed by atoms with E-state index in [-0.39, 0.29) is 23.7 Å². The molecule has 2 heterocycles. The van der Waals surface area contributed by atoms with Crippen molar-refractivity contribution >= 4 is 11.7 Å². The highest BCUT2D eigenvalue weighted by molar-refractivity contribution is 5.99. The van der Waals surface area contributed by atoms with E-state index in [1.165, 1.54) is 20.4 Å². The molecule has 10 heteroatoms. The number of amides is 1. The molecular weight excluding hydrogens is 401 g/mol. The van der Waals surface area contributed by atoms with E-state index in [0.717, 1.165) is 4.68 Å². The van der Waals surface area contributed by atoms with E-state index >= 15 is 0 Å². The summed E-state index contributed by atoms with van der Waals surface area (Å²) >= 11 is 0. The van der Waals surface area contributed by atoms with Gasteiger partial charge in [-0.05, 0) is 31.5 Å². The highest BCUT2D eigenvalue weighted by Crippen LogP contribution is 2.45. The number of alkyl halides is 3. The van der Waals surface area contributed by atoms with Crippen LogP contribution >= 0.6 is 0 Å². The molecule has 0 bridgehead atoms. The van der Waals surface area contributed by atoms with Crippen molar-refractivity contribution in [2.45, 2.75) is 38.5 Å². The minimum Gasteiger partial charge on any atom is -0.493 e. The Bertz CT molecular complexity index is 909. The van der Waals surface area contributed by atoms with Crippen molar-refractivity contribution in [2.75, 3.05) is 32.6 Å². The summed E-state index contributed by atoms with van der Waals surface area (Å²) in [7, 11) is 2.95. The highest BCUT2D eigenvalue weighted by atomic mass is 19.4. The zero-order valence-corrected chi connectivity index (χ0v) is 17.3. The Morgan fingerprint density at radius 2 is 1.90 bits per heavy atom. The molecule has 0 saturated carbocycles. The zero-order chi connectivity index (χ0) is 22.1. The van der Waals surface area contributed by atoms with Gasteiger partial charge in [0.25, 0.3) is 5.91 Å². The monoisotopic (exact) mass is 426 g/mol. The molecule has 2 unspecified atom stereocenters. The molecule has 3 rings (SSSR count). The van der Waals surface area contributed by atoms with Crippen LogP contribution in [0.2, 0.25) is 0 Å². The first kappa shape index (κ1) is 21.8. The van der Waals surface area contributed by atoms with Gasteiger partial charge in [-0.25, -0.2) is 4.68 Å². The summed E-state index contributed by atoms with van der Waals surface area (Å²) < 4.78 is 52.9. The summed E-state index contributed by atoms with van der Waals surface area (Å²) in [5, 5.41) is 7.00. The van der Waals surface area contributed by atoms with Crippen molar-refractivity contribution < 1.29 is 27.4 Å². The first-order valence-electron chi connectivity index (χ1n) is 9.67. The lowest BCUT2D eigenvalue weighted by atomic mass is 9.96. The Balaban J connectivity index is 2.05. The summed E-state index contributed by atoms with van der Waals surface area (Å²) in [6, 6.07) is 2.42. The maximum absolute atomic E-state index is 13.8. The number of carbonyl (C=O) groups is 1. The second-order valence-corrected chi connectivity index (χ2v) is 6.93. The molecule has 7 nitrogen and oxygen atoms in total. The van der Waals surface area contributed by atoms with Crippen LogP contribution in [-0.2, 0) is 0 Å². The number of ether oxygens (including phenoxy) is 2. The number of rotatable bonds is 6. The summed E-state index contributed by atoms with van der Waals surface area (Å²) in [4.78, 5) is 14.4. The van der Waals surface area contributed by atoms with Crippen molar-refractivity contribution in [3.63, 3.8) is 0 Å². The Hall–Kier alpha value is -2.91. The minimum absolute atomic E-state index is 0.0697. The molecule has 0 saturated heterocycles. The van der Waals surface area contributed by atoms with Crippen LogP contribution in [0.5, 0.6) is 11.5 Å². The second kappa shape index (κ2) is 8.45. The van der Waals surface area contributed by atoms with Gasteiger partial charge in [-0.2, -0.15) is 18.3 Å². The molecule has 0 fully saturated rings. The molecule has 0 aliphatic carbocycles. The third-order valence-corrected chi connectivity index (χ3v) is 5.33. The number of fused-ring (bicyclic) bond motifs is 1. The van der Waals surface area contributed by atoms with Crippen LogP contribution in [0, 0.1) is 0 Å². The fourth-order valence-electron chi connectivity index (χ4n) is 3.69. The summed E-state index contributed by atoms with van der Waals surface area (Å²) in [5.74, 6) is 0.605. The maximum Gasteiger partial charge on any atom is 0.410 e. The van der Waals surface area contributed by atoms with Gasteiger partial charge in [-0.1, -0.05) is 6.07 Å². The number of anilines is 1. The number of nitrogens with one attached hydrogen (secondary N) is 1. The lowest BCUT2D eigenvalue weighted by molar-refractivity contribution is -0.173. The predicted molar refractivity (Wildman–Crippen MR) is 105 cm³/mol. The number of benzene rings is 1. The van der Waals surface area contributed by atoms with Gasteiger partial charge in [0.1, 0.15) is 11.4 Å². The fourth-order valence-corrected chi connectivity index (χ4v) is 3.69. The van der Waals surface area contributed by atoms with Gasteiger partial charge in [0.05, 0.1) is 26.5 Å². The van der Waals surface area contributed by atoms with E-state index in [9.17, 15) is 18.0 Å². The molecule has 30 heavy (non-hydrogen) atoms. The third-order valence-electron chi connectivity index (χ3n) is 5.33. The SMILES string of the molecule is CCN(CC)C(=O)c1cnn2c1NC(c1ccc(OC)c(OC)c1)CC2C(F)(F)F. The Kier molecular flexibility index (Phi) is 6.14. The average molecular weight is 426 g/mol. The molecule has 0 spiro atoms. The molecule has 1 aliphatic rings. The van der Waals surface area contributed by atoms with Crippen LogP contribution in [0.25, 0.3) is 0 Å². The normalized spacial score (nSPS) is 18.4. The van der Waals surface area contributed by atoms with Gasteiger partial charge in [0.2, 0.25) is 0 Å². The van der Waals surface area contributed by atoms with Crippen molar-refractivity contribution in [2.24, 2.45) is 0 Å². The van der Waals surface area contributed by atoms with Gasteiger partial charge in [-0.3, -0.25) is 4.79 Å². The Morgan fingerprint density at radius 3 is 2.47 bits per heavy atom. The smallest absolute Gasteiger partial charge is 0.410 e. The van der Waals surface area contributed by atoms with E-state index in [1.807, 2.05) is 13.8 Å². The number of hydrogen-bond donors (Lipinski definition) is 1. The molecular formula is C20H25F3N4O3. The van der Waals surface area contributed by atoms with E-state index in [1.54, 1.807) is 23.1 Å². The van der Waals surface area contributed by atoms with E-state index in [0.29, 0.717) is 30.2 Å². The Labute approximate surface area is 172 Å². The zero-order valence-electron chi connectivity index (χ0n) is 17.3. The van der Waals surface area contributed by atoms with E-state index in [4.69, 9.17) is 9.47 Å². The summed E-state index contributed by atoms with van der Waals surface area (Å²) in [6.07, 6.45) is -3.58. The third kappa shape index (κ3) is 3.90. The van der Waals surface area contributed by atoms with E-state index in [2.05, 4.69) is 10.4 Å². The van der Waals surface area contributed by atoms with Crippen LogP contribution in [0.1, 0.15) is 48.3 Å². The van der Waals surface area contributed by atoms with Crippen LogP contribution in [0.4, 0.5) is 19.0 Å². The minimum atomic E-state index is -4.52. The van der Waals surface area contributed by atoms with Crippen LogP contribution in [0.15, 0.2) is 24.4 Å². The molecule has 0 radical (unpaired) electrons. The number of hydrogen-bond acceptors (Lipinski definition) is 5. The highest BCUT2D eigenvalue weighted by Gasteiger charge is 2.47. The molecule has 1 amide bonds. The number of aromatic nitrogens is 2. The molecule has 1 aliphatic heterocycles. The molecule has 1 aromatic carbocycles. The van der Waals surface area contributed by atoms with Gasteiger partial charge in [-0.15, -0.1) is 0 Å². The largest absolute Gasteiger partial charge is 0.493 e. The first-order valence-corrected chi connectivity index (χ1v) is 9.67. The lowest BCUT2D eigenvalue weighted by Gasteiger charge is -2.34. The molecule has 164 valence electrons. The van der Waals surface area contributed by atoms with Gasteiger partial charge < -0.3 is 19.7 Å². The molecule has 1 N–H and O–H groups in total. The number of carbonyl (C=O) groups excluding carboxylic acids is 1. The quantitative estimate of drug-likeness (QED) is 0.755. The van der Waals surface area contributed by atoms with Crippen molar-refractivity contribution in [1.29, 1.82) is 0 Å². The topological polar surface area (TPSA) is 68.6 Å². The van der Waals surface area contributed by atoms with E-state index < -0.39 is 18.3 Å². The average Bonchev–Trinajstić information content (AvgIpc) is 3.16. The van der Waals surface area contributed by atoms with Crippen molar-refractivity contribution in [1.82, 2.24) is 14.7 Å². The van der Waals surface area contributed by atoms with Gasteiger partial charge in [0, 0.05) is 19.5 Å². The lowest BCUT2D eigenvalue weighted by Crippen LogP contribution is -2.37. The van der Waals surface area contributed by atoms with Crippen LogP contribution < -0.4 is 14.8 Å². The number of halogens is 3. The van der Waals surface area contributed by atoms with Crippen LogP contribution in [-0.4, -0.2) is 54.1 Å². The van der Waals surface area contributed by atoms with Crippen molar-refractivity contribution in [3.05, 3.63) is 35.5 Å². The molecule has 1 aromatic heterocycles. The number of methoxy groups -OCH3 is 2. The van der Waals surface area contributed by atoms with Crippen molar-refractivity contribution in [3.8, 4) is 11.5 Å². The fraction of sp³-hybridized carbons (Fsp3) is 0.500.